The van der Waals surface area contributed by atoms with Crippen LogP contribution < -0.4 is 0 Å². The number of hydrogen-bond acceptors (Lipinski definition) is 6. The van der Waals surface area contributed by atoms with Gasteiger partial charge in [0, 0.05) is 53.2 Å². The van der Waals surface area contributed by atoms with E-state index < -0.39 is 0 Å². The number of fused-ring (bicyclic) bond motifs is 6. The summed E-state index contributed by atoms with van der Waals surface area (Å²) in [5.74, 6) is 1.45. The first kappa shape index (κ1) is 25.2. The predicted molar refractivity (Wildman–Crippen MR) is 185 cm³/mol. The van der Waals surface area contributed by atoms with Crippen molar-refractivity contribution in [1.82, 2.24) is 19.9 Å². The van der Waals surface area contributed by atoms with Crippen molar-refractivity contribution in [3.63, 3.8) is 0 Å². The van der Waals surface area contributed by atoms with Crippen LogP contribution in [0.3, 0.4) is 0 Å². The molecule has 206 valence electrons. The number of thiophene rings is 2. The lowest BCUT2D eigenvalue weighted by molar-refractivity contribution is 1.23. The van der Waals surface area contributed by atoms with E-state index in [0.29, 0.717) is 0 Å². The van der Waals surface area contributed by atoms with Crippen molar-refractivity contribution in [2.24, 2.45) is 0 Å². The Morgan fingerprint density at radius 2 is 0.773 bits per heavy atom. The summed E-state index contributed by atoms with van der Waals surface area (Å²) in [6.07, 6.45) is 0. The van der Waals surface area contributed by atoms with Gasteiger partial charge in [0.25, 0.3) is 0 Å². The van der Waals surface area contributed by atoms with Crippen molar-refractivity contribution < 1.29 is 0 Å². The molecular weight excluding hydrogens is 577 g/mol. The molecule has 4 nitrogen and oxygen atoms in total. The summed E-state index contributed by atoms with van der Waals surface area (Å²) in [6, 6.07) is 46.1. The molecule has 4 heterocycles. The molecule has 0 spiro atoms. The van der Waals surface area contributed by atoms with Crippen LogP contribution in [0.15, 0.2) is 133 Å². The third kappa shape index (κ3) is 4.11. The van der Waals surface area contributed by atoms with Gasteiger partial charge in [0.1, 0.15) is 9.66 Å². The molecule has 9 rings (SSSR count). The Balaban J connectivity index is 1.32. The Morgan fingerprint density at radius 1 is 0.364 bits per heavy atom. The van der Waals surface area contributed by atoms with Crippen LogP contribution >= 0.6 is 22.7 Å². The Kier molecular flexibility index (Phi) is 5.82. The SMILES string of the molecule is c1ccc(-c2nc(-c3cccc(-c4nc(-c5ccccc5)nc5sc6ccccc6c45)c3)c3c(n2)sc2ccccc23)cc1. The molecule has 0 radical (unpaired) electrons. The normalized spacial score (nSPS) is 11.6. The molecule has 5 aromatic carbocycles. The minimum Gasteiger partial charge on any atom is -0.227 e. The summed E-state index contributed by atoms with van der Waals surface area (Å²) < 4.78 is 2.41. The molecule has 0 saturated carbocycles. The topological polar surface area (TPSA) is 51.6 Å². The lowest BCUT2D eigenvalue weighted by atomic mass is 10.00. The summed E-state index contributed by atoms with van der Waals surface area (Å²) >= 11 is 3.43. The first-order valence-corrected chi connectivity index (χ1v) is 16.0. The average Bonchev–Trinajstić information content (AvgIpc) is 3.66. The van der Waals surface area contributed by atoms with Crippen LogP contribution in [0.25, 0.3) is 85.9 Å². The van der Waals surface area contributed by atoms with Gasteiger partial charge in [-0.25, -0.2) is 19.9 Å². The summed E-state index contributed by atoms with van der Waals surface area (Å²) in [5, 5.41) is 4.52. The molecular formula is C38H22N4S2. The van der Waals surface area contributed by atoms with Gasteiger partial charge in [0.2, 0.25) is 0 Å². The fourth-order valence-corrected chi connectivity index (χ4v) is 8.06. The largest absolute Gasteiger partial charge is 0.227 e. The second kappa shape index (κ2) is 10.2. The second-order valence-electron chi connectivity index (χ2n) is 10.7. The molecule has 0 amide bonds. The summed E-state index contributed by atoms with van der Waals surface area (Å²) in [7, 11) is 0. The smallest absolute Gasteiger partial charge is 0.161 e. The zero-order valence-corrected chi connectivity index (χ0v) is 24.9. The van der Waals surface area contributed by atoms with Crippen molar-refractivity contribution in [3.05, 3.63) is 133 Å². The van der Waals surface area contributed by atoms with Crippen LogP contribution in [0, 0.1) is 0 Å². The van der Waals surface area contributed by atoms with Gasteiger partial charge in [-0.15, -0.1) is 22.7 Å². The lowest BCUT2D eigenvalue weighted by Gasteiger charge is -2.11. The first-order valence-electron chi connectivity index (χ1n) is 14.4. The maximum atomic E-state index is 5.23. The van der Waals surface area contributed by atoms with Crippen LogP contribution in [-0.4, -0.2) is 19.9 Å². The van der Waals surface area contributed by atoms with Crippen LogP contribution in [0.4, 0.5) is 0 Å². The fraction of sp³-hybridized carbons (Fsp3) is 0. The average molecular weight is 599 g/mol. The molecule has 0 unspecified atom stereocenters. The van der Waals surface area contributed by atoms with E-state index in [4.69, 9.17) is 19.9 Å². The van der Waals surface area contributed by atoms with Crippen molar-refractivity contribution in [1.29, 1.82) is 0 Å². The molecule has 0 aliphatic heterocycles. The minimum absolute atomic E-state index is 0.727. The van der Waals surface area contributed by atoms with E-state index in [1.807, 2.05) is 36.4 Å². The Bertz CT molecular complexity index is 2330. The van der Waals surface area contributed by atoms with Gasteiger partial charge in [-0.05, 0) is 18.2 Å². The number of aromatic nitrogens is 4. The molecule has 0 aliphatic rings. The second-order valence-corrected chi connectivity index (χ2v) is 12.7. The molecule has 9 aromatic rings. The highest BCUT2D eigenvalue weighted by atomic mass is 32.1. The van der Waals surface area contributed by atoms with Gasteiger partial charge in [-0.2, -0.15) is 0 Å². The molecule has 0 saturated heterocycles. The van der Waals surface area contributed by atoms with Crippen LogP contribution in [0.1, 0.15) is 0 Å². The summed E-state index contributed by atoms with van der Waals surface area (Å²) in [4.78, 5) is 22.5. The van der Waals surface area contributed by atoms with Gasteiger partial charge in [-0.3, -0.25) is 0 Å². The van der Waals surface area contributed by atoms with Gasteiger partial charge < -0.3 is 0 Å². The molecule has 0 N–H and O–H groups in total. The molecule has 44 heavy (non-hydrogen) atoms. The van der Waals surface area contributed by atoms with E-state index in [-0.39, 0.29) is 0 Å². The zero-order chi connectivity index (χ0) is 29.0. The minimum atomic E-state index is 0.727. The first-order chi connectivity index (χ1) is 21.8. The van der Waals surface area contributed by atoms with Gasteiger partial charge in [-0.1, -0.05) is 115 Å². The number of nitrogens with zero attached hydrogens (tertiary/aromatic N) is 4. The van der Waals surface area contributed by atoms with E-state index in [1.54, 1.807) is 22.7 Å². The van der Waals surface area contributed by atoms with E-state index >= 15 is 0 Å². The maximum absolute atomic E-state index is 5.23. The van der Waals surface area contributed by atoms with Crippen molar-refractivity contribution in [2.45, 2.75) is 0 Å². The van der Waals surface area contributed by atoms with E-state index in [2.05, 4.69) is 97.1 Å². The Hall–Kier alpha value is -5.30. The molecule has 0 bridgehead atoms. The van der Waals surface area contributed by atoms with Crippen LogP contribution in [-0.2, 0) is 0 Å². The quantitative estimate of drug-likeness (QED) is 0.202. The third-order valence-electron chi connectivity index (χ3n) is 7.95. The van der Waals surface area contributed by atoms with Crippen molar-refractivity contribution in [3.8, 4) is 45.3 Å². The molecule has 0 aliphatic carbocycles. The maximum Gasteiger partial charge on any atom is 0.161 e. The molecule has 4 aromatic heterocycles. The highest BCUT2D eigenvalue weighted by Crippen LogP contribution is 2.42. The van der Waals surface area contributed by atoms with E-state index in [1.165, 1.54) is 20.2 Å². The van der Waals surface area contributed by atoms with E-state index in [0.717, 1.165) is 65.7 Å². The predicted octanol–water partition coefficient (Wildman–Crippen LogP) is 10.7. The summed E-state index contributed by atoms with van der Waals surface area (Å²) in [6.45, 7) is 0. The number of hydrogen-bond donors (Lipinski definition) is 0. The molecule has 0 fully saturated rings. The highest BCUT2D eigenvalue weighted by molar-refractivity contribution is 7.26. The number of rotatable bonds is 4. The Morgan fingerprint density at radius 3 is 1.25 bits per heavy atom. The lowest BCUT2D eigenvalue weighted by Crippen LogP contribution is -1.95. The number of benzene rings is 5. The molecule has 6 heteroatoms. The van der Waals surface area contributed by atoms with Crippen molar-refractivity contribution in [2.75, 3.05) is 0 Å². The zero-order valence-electron chi connectivity index (χ0n) is 23.3. The monoisotopic (exact) mass is 598 g/mol. The van der Waals surface area contributed by atoms with E-state index in [9.17, 15) is 0 Å². The standard InChI is InChI=1S/C38H22N4S2/c1-3-12-23(13-4-1)35-39-33(31-27-18-7-9-20-29(27)43-37(31)41-35)25-16-11-17-26(22-25)34-32-28-19-8-10-21-30(28)44-38(32)42-36(40-34)24-14-5-2-6-15-24/h1-22H. The van der Waals surface area contributed by atoms with Crippen molar-refractivity contribution >= 4 is 63.3 Å². The highest BCUT2D eigenvalue weighted by Gasteiger charge is 2.20. The van der Waals surface area contributed by atoms with Crippen LogP contribution in [0.2, 0.25) is 0 Å². The third-order valence-corrected chi connectivity index (χ3v) is 10.1. The Labute approximate surface area is 261 Å². The van der Waals surface area contributed by atoms with Crippen LogP contribution in [0.5, 0.6) is 0 Å². The molecule has 0 atom stereocenters. The fourth-order valence-electron chi connectivity index (χ4n) is 5.91. The van der Waals surface area contributed by atoms with Gasteiger partial charge in [0.15, 0.2) is 11.6 Å². The summed E-state index contributed by atoms with van der Waals surface area (Å²) in [5.41, 5.74) is 5.92. The van der Waals surface area contributed by atoms with Gasteiger partial charge >= 0.3 is 0 Å². The van der Waals surface area contributed by atoms with Gasteiger partial charge in [0.05, 0.1) is 11.4 Å².